The zero-order chi connectivity index (χ0) is 13.9. The van der Waals surface area contributed by atoms with Crippen LogP contribution in [-0.2, 0) is 13.1 Å². The second kappa shape index (κ2) is 4.69. The van der Waals surface area contributed by atoms with Gasteiger partial charge in [0.2, 0.25) is 0 Å². The quantitative estimate of drug-likeness (QED) is 0.605. The maximum atomic E-state index is 3.63. The van der Waals surface area contributed by atoms with Gasteiger partial charge in [-0.1, -0.05) is 44.0 Å². The van der Waals surface area contributed by atoms with E-state index in [1.54, 1.807) is 0 Å². The Bertz CT molecular complexity index is 695. The maximum Gasteiger partial charge on any atom is 0.0250 e. The molecule has 3 heteroatoms. The van der Waals surface area contributed by atoms with E-state index in [2.05, 4.69) is 80.1 Å². The molecule has 0 spiro atoms. The van der Waals surface area contributed by atoms with Crippen molar-refractivity contribution in [1.82, 2.24) is 4.90 Å². The van der Waals surface area contributed by atoms with Crippen LogP contribution in [0.5, 0.6) is 0 Å². The molecule has 0 N–H and O–H groups in total. The first-order chi connectivity index (χ1) is 9.63. The van der Waals surface area contributed by atoms with E-state index in [0.29, 0.717) is 12.0 Å². The topological polar surface area (TPSA) is 3.24 Å². The molecular formula is C17H15Br2N. The van der Waals surface area contributed by atoms with Gasteiger partial charge in [0.05, 0.1) is 0 Å². The lowest BCUT2D eigenvalue weighted by atomic mass is 9.75. The Labute approximate surface area is 136 Å². The molecule has 2 bridgehead atoms. The van der Waals surface area contributed by atoms with Crippen LogP contribution in [0.1, 0.15) is 35.1 Å². The minimum absolute atomic E-state index is 0.494. The zero-order valence-electron chi connectivity index (χ0n) is 11.2. The lowest BCUT2D eigenvalue weighted by Crippen LogP contribution is -2.45. The maximum absolute atomic E-state index is 3.63. The van der Waals surface area contributed by atoms with Gasteiger partial charge in [0, 0.05) is 34.0 Å². The van der Waals surface area contributed by atoms with Gasteiger partial charge in [-0.05, 0) is 53.4 Å². The summed E-state index contributed by atoms with van der Waals surface area (Å²) in [5.41, 5.74) is 5.93. The molecule has 0 amide bonds. The van der Waals surface area contributed by atoms with Crippen LogP contribution >= 0.6 is 31.9 Å². The lowest BCUT2D eigenvalue weighted by molar-refractivity contribution is 0.144. The Balaban J connectivity index is 1.95. The number of nitrogens with zero attached hydrogens (tertiary/aromatic N) is 1. The summed E-state index contributed by atoms with van der Waals surface area (Å²) in [7, 11) is 0. The summed E-state index contributed by atoms with van der Waals surface area (Å²) < 4.78 is 2.36. The minimum atomic E-state index is 0.494. The summed E-state index contributed by atoms with van der Waals surface area (Å²) in [6, 6.07) is 14.1. The van der Waals surface area contributed by atoms with Crippen molar-refractivity contribution in [2.75, 3.05) is 0 Å². The highest BCUT2D eigenvalue weighted by molar-refractivity contribution is 9.10. The second-order valence-electron chi connectivity index (χ2n) is 5.81. The average Bonchev–Trinajstić information content (AvgIpc) is 2.40. The van der Waals surface area contributed by atoms with Crippen molar-refractivity contribution in [2.24, 2.45) is 0 Å². The van der Waals surface area contributed by atoms with E-state index in [-0.39, 0.29) is 0 Å². The molecule has 2 aromatic rings. The van der Waals surface area contributed by atoms with Crippen LogP contribution in [0.15, 0.2) is 45.3 Å². The number of hydrogen-bond acceptors (Lipinski definition) is 1. The van der Waals surface area contributed by atoms with Gasteiger partial charge >= 0.3 is 0 Å². The molecule has 0 radical (unpaired) electrons. The number of hydrogen-bond donors (Lipinski definition) is 0. The standard InChI is InChI=1S/C17H15Br2N/c1-10-17-15-5-4-13(18)6-12(15)9-20(10)8-11-2-3-14(19)7-16(11)17/h2-7,10,17H,8-9H2,1H3/t10-,17-/m1/s1. The van der Waals surface area contributed by atoms with Crippen molar-refractivity contribution in [2.45, 2.75) is 32.0 Å². The molecule has 0 fully saturated rings. The fourth-order valence-electron chi connectivity index (χ4n) is 3.69. The fraction of sp³-hybridized carbons (Fsp3) is 0.294. The van der Waals surface area contributed by atoms with E-state index >= 15 is 0 Å². The third-order valence-corrected chi connectivity index (χ3v) is 5.67. The highest BCUT2D eigenvalue weighted by atomic mass is 79.9. The van der Waals surface area contributed by atoms with E-state index < -0.39 is 0 Å². The molecule has 0 saturated heterocycles. The third kappa shape index (κ3) is 1.91. The van der Waals surface area contributed by atoms with Gasteiger partial charge in [0.25, 0.3) is 0 Å². The third-order valence-electron chi connectivity index (χ3n) is 4.69. The predicted molar refractivity (Wildman–Crippen MR) is 88.8 cm³/mol. The molecule has 0 aliphatic carbocycles. The van der Waals surface area contributed by atoms with Crippen LogP contribution < -0.4 is 0 Å². The van der Waals surface area contributed by atoms with E-state index in [9.17, 15) is 0 Å². The lowest BCUT2D eigenvalue weighted by Gasteiger charge is -2.46. The molecule has 4 rings (SSSR count). The van der Waals surface area contributed by atoms with Crippen LogP contribution in [-0.4, -0.2) is 10.9 Å². The predicted octanol–water partition coefficient (Wildman–Crippen LogP) is 5.06. The molecular weight excluding hydrogens is 378 g/mol. The molecule has 0 saturated carbocycles. The van der Waals surface area contributed by atoms with Crippen molar-refractivity contribution in [3.05, 3.63) is 67.6 Å². The second-order valence-corrected chi connectivity index (χ2v) is 7.64. The summed E-state index contributed by atoms with van der Waals surface area (Å²) in [5, 5.41) is 0. The molecule has 3 atom stereocenters. The SMILES string of the molecule is C[C@@H]1[C@@H]2c3ccc(Br)cc3CN1Cc1ccc(Br)cc12. The largest absolute Gasteiger partial charge is 0.291 e. The van der Waals surface area contributed by atoms with Crippen molar-refractivity contribution in [3.8, 4) is 0 Å². The molecule has 0 aromatic heterocycles. The first-order valence-corrected chi connectivity index (χ1v) is 8.53. The molecule has 2 heterocycles. The Hall–Kier alpha value is -0.640. The van der Waals surface area contributed by atoms with Gasteiger partial charge in [-0.25, -0.2) is 0 Å². The number of benzene rings is 2. The summed E-state index contributed by atoms with van der Waals surface area (Å²) in [4.78, 5) is 2.59. The van der Waals surface area contributed by atoms with Crippen molar-refractivity contribution in [3.63, 3.8) is 0 Å². The average molecular weight is 393 g/mol. The first kappa shape index (κ1) is 13.1. The highest BCUT2D eigenvalue weighted by Gasteiger charge is 2.38. The van der Waals surface area contributed by atoms with Gasteiger partial charge < -0.3 is 0 Å². The van der Waals surface area contributed by atoms with Gasteiger partial charge in [-0.3, -0.25) is 4.90 Å². The molecule has 20 heavy (non-hydrogen) atoms. The van der Waals surface area contributed by atoms with Crippen molar-refractivity contribution < 1.29 is 0 Å². The van der Waals surface area contributed by atoms with Crippen molar-refractivity contribution in [1.29, 1.82) is 0 Å². The van der Waals surface area contributed by atoms with Crippen LogP contribution in [0, 0.1) is 0 Å². The Kier molecular flexibility index (Phi) is 3.06. The van der Waals surface area contributed by atoms with Crippen molar-refractivity contribution >= 4 is 31.9 Å². The van der Waals surface area contributed by atoms with Gasteiger partial charge in [0.15, 0.2) is 0 Å². The van der Waals surface area contributed by atoms with Gasteiger partial charge in [-0.2, -0.15) is 0 Å². The van der Waals surface area contributed by atoms with Gasteiger partial charge in [-0.15, -0.1) is 0 Å². The van der Waals surface area contributed by atoms with Crippen LogP contribution in [0.2, 0.25) is 0 Å². The summed E-state index contributed by atoms with van der Waals surface area (Å²) >= 11 is 7.23. The normalized spacial score (nSPS) is 26.9. The number of rotatable bonds is 0. The molecule has 1 nitrogen and oxygen atoms in total. The van der Waals surface area contributed by atoms with E-state index in [0.717, 1.165) is 13.1 Å². The Morgan fingerprint density at radius 3 is 2.45 bits per heavy atom. The highest BCUT2D eigenvalue weighted by Crippen LogP contribution is 2.44. The molecule has 2 aromatic carbocycles. The zero-order valence-corrected chi connectivity index (χ0v) is 14.4. The number of halogens is 2. The Morgan fingerprint density at radius 2 is 1.60 bits per heavy atom. The van der Waals surface area contributed by atoms with Crippen LogP contribution in [0.4, 0.5) is 0 Å². The molecule has 1 unspecified atom stereocenters. The van der Waals surface area contributed by atoms with E-state index in [4.69, 9.17) is 0 Å². The Morgan fingerprint density at radius 1 is 0.900 bits per heavy atom. The molecule has 102 valence electrons. The minimum Gasteiger partial charge on any atom is -0.291 e. The summed E-state index contributed by atoms with van der Waals surface area (Å²) in [5.74, 6) is 0.494. The summed E-state index contributed by atoms with van der Waals surface area (Å²) in [6.45, 7) is 4.48. The smallest absolute Gasteiger partial charge is 0.0250 e. The number of fused-ring (bicyclic) bond motifs is 6. The monoisotopic (exact) mass is 391 g/mol. The van der Waals surface area contributed by atoms with E-state index in [1.165, 1.54) is 31.2 Å². The van der Waals surface area contributed by atoms with Gasteiger partial charge in [0.1, 0.15) is 0 Å². The molecule has 2 aliphatic rings. The van der Waals surface area contributed by atoms with Crippen LogP contribution in [0.3, 0.4) is 0 Å². The summed E-state index contributed by atoms with van der Waals surface area (Å²) in [6.07, 6.45) is 0. The fourth-order valence-corrected chi connectivity index (χ4v) is 4.48. The van der Waals surface area contributed by atoms with Crippen LogP contribution in [0.25, 0.3) is 0 Å². The van der Waals surface area contributed by atoms with E-state index in [1.807, 2.05) is 0 Å². The first-order valence-electron chi connectivity index (χ1n) is 6.94. The molecule has 2 aliphatic heterocycles.